The summed E-state index contributed by atoms with van der Waals surface area (Å²) in [6.45, 7) is 6.98. The fourth-order valence-corrected chi connectivity index (χ4v) is 3.09. The Morgan fingerprint density at radius 3 is 2.74 bits per heavy atom. The topological polar surface area (TPSA) is 40.0 Å². The summed E-state index contributed by atoms with van der Waals surface area (Å²) < 4.78 is 10.9. The smallest absolute Gasteiger partial charge is 0.309 e. The Bertz CT molecular complexity index is 277. The lowest BCUT2D eigenvalue weighted by atomic mass is 9.97. The van der Waals surface area contributed by atoms with E-state index >= 15 is 0 Å². The van der Waals surface area contributed by atoms with Crippen molar-refractivity contribution < 1.29 is 19.2 Å². The van der Waals surface area contributed by atoms with E-state index in [1.54, 1.807) is 0 Å². The van der Waals surface area contributed by atoms with E-state index in [-0.39, 0.29) is 18.0 Å². The van der Waals surface area contributed by atoms with Crippen molar-refractivity contribution in [2.45, 2.75) is 51.6 Å². The molecule has 1 N–H and O–H groups in total. The molecule has 4 nitrogen and oxygen atoms in total. The third-order valence-electron chi connectivity index (χ3n) is 4.29. The molecule has 2 aliphatic rings. The molecule has 110 valence electrons. The number of esters is 1. The summed E-state index contributed by atoms with van der Waals surface area (Å²) in [5.41, 5.74) is 0. The molecule has 0 aliphatic carbocycles. The zero-order chi connectivity index (χ0) is 13.5. The summed E-state index contributed by atoms with van der Waals surface area (Å²) >= 11 is 0. The number of unbranched alkanes of at least 4 members (excludes halogenated alkanes) is 3. The van der Waals surface area contributed by atoms with E-state index in [1.165, 1.54) is 30.6 Å². The van der Waals surface area contributed by atoms with Crippen LogP contribution in [0.15, 0.2) is 0 Å². The normalized spacial score (nSPS) is 28.6. The quantitative estimate of drug-likeness (QED) is 0.549. The van der Waals surface area contributed by atoms with Gasteiger partial charge in [0.05, 0.1) is 19.1 Å². The first-order valence-corrected chi connectivity index (χ1v) is 7.91. The van der Waals surface area contributed by atoms with Gasteiger partial charge in [-0.1, -0.05) is 32.6 Å². The number of nitrogens with one attached hydrogen (secondary N) is 1. The zero-order valence-electron chi connectivity index (χ0n) is 12.2. The standard InChI is InChI=1S/C15H27NO3/c1-2-3-4-5-6-13-11-14(19-15(13)17)12-16-7-9-18-10-8-16/h13-14H,2-12H2,1H3/p+1/t13-,14-/m1/s1. The van der Waals surface area contributed by atoms with Crippen molar-refractivity contribution in [3.63, 3.8) is 0 Å². The van der Waals surface area contributed by atoms with Gasteiger partial charge in [-0.2, -0.15) is 0 Å². The second kappa shape index (κ2) is 7.85. The minimum absolute atomic E-state index is 0.0501. The second-order valence-corrected chi connectivity index (χ2v) is 5.91. The molecule has 2 aliphatic heterocycles. The monoisotopic (exact) mass is 270 g/mol. The van der Waals surface area contributed by atoms with Crippen LogP contribution in [0.5, 0.6) is 0 Å². The lowest BCUT2D eigenvalue weighted by Crippen LogP contribution is -3.15. The molecule has 19 heavy (non-hydrogen) atoms. The molecule has 0 spiro atoms. The molecule has 2 saturated heterocycles. The summed E-state index contributed by atoms with van der Waals surface area (Å²) in [6.07, 6.45) is 7.06. The lowest BCUT2D eigenvalue weighted by molar-refractivity contribution is -0.910. The van der Waals surface area contributed by atoms with E-state index in [1.807, 2.05) is 0 Å². The third-order valence-corrected chi connectivity index (χ3v) is 4.29. The third kappa shape index (κ3) is 4.77. The number of quaternary nitrogens is 1. The first kappa shape index (κ1) is 14.8. The van der Waals surface area contributed by atoms with Gasteiger partial charge in [0.15, 0.2) is 6.10 Å². The van der Waals surface area contributed by atoms with Crippen molar-refractivity contribution in [1.29, 1.82) is 0 Å². The Morgan fingerprint density at radius 2 is 2.00 bits per heavy atom. The molecule has 0 saturated carbocycles. The molecular formula is C15H28NO3+. The van der Waals surface area contributed by atoms with Crippen LogP contribution >= 0.6 is 0 Å². The first-order valence-electron chi connectivity index (χ1n) is 7.91. The minimum atomic E-state index is 0.0501. The molecule has 0 amide bonds. The van der Waals surface area contributed by atoms with Gasteiger partial charge in [-0.15, -0.1) is 0 Å². The highest BCUT2D eigenvalue weighted by Gasteiger charge is 2.36. The van der Waals surface area contributed by atoms with E-state index in [9.17, 15) is 4.79 Å². The molecule has 4 heteroatoms. The van der Waals surface area contributed by atoms with Gasteiger partial charge >= 0.3 is 5.97 Å². The Kier molecular flexibility index (Phi) is 6.11. The second-order valence-electron chi connectivity index (χ2n) is 5.91. The number of morpholine rings is 1. The number of ether oxygens (including phenoxy) is 2. The van der Waals surface area contributed by atoms with Crippen LogP contribution in [-0.4, -0.2) is 44.9 Å². The highest BCUT2D eigenvalue weighted by molar-refractivity contribution is 5.74. The van der Waals surface area contributed by atoms with Crippen LogP contribution < -0.4 is 4.90 Å². The summed E-state index contributed by atoms with van der Waals surface area (Å²) in [5.74, 6) is 0.219. The molecule has 0 unspecified atom stereocenters. The Labute approximate surface area is 116 Å². The maximum Gasteiger partial charge on any atom is 0.309 e. The molecule has 2 rings (SSSR count). The number of hydrogen-bond acceptors (Lipinski definition) is 3. The fourth-order valence-electron chi connectivity index (χ4n) is 3.09. The van der Waals surface area contributed by atoms with Crippen LogP contribution in [0.4, 0.5) is 0 Å². The van der Waals surface area contributed by atoms with Crippen LogP contribution in [0.1, 0.15) is 45.4 Å². The molecular weight excluding hydrogens is 242 g/mol. The van der Waals surface area contributed by atoms with Crippen molar-refractivity contribution in [2.24, 2.45) is 5.92 Å². The van der Waals surface area contributed by atoms with Gasteiger partial charge in [0.25, 0.3) is 0 Å². The van der Waals surface area contributed by atoms with Gasteiger partial charge in [-0.25, -0.2) is 0 Å². The highest BCUT2D eigenvalue weighted by atomic mass is 16.6. The van der Waals surface area contributed by atoms with Gasteiger partial charge in [-0.05, 0) is 6.42 Å². The molecule has 2 fully saturated rings. The van der Waals surface area contributed by atoms with Crippen molar-refractivity contribution in [3.8, 4) is 0 Å². The van der Waals surface area contributed by atoms with E-state index in [4.69, 9.17) is 9.47 Å². The first-order chi connectivity index (χ1) is 9.29. The van der Waals surface area contributed by atoms with E-state index in [0.717, 1.165) is 45.7 Å². The Hall–Kier alpha value is -0.610. The van der Waals surface area contributed by atoms with Crippen molar-refractivity contribution in [3.05, 3.63) is 0 Å². The van der Waals surface area contributed by atoms with E-state index < -0.39 is 0 Å². The van der Waals surface area contributed by atoms with Gasteiger partial charge in [0.1, 0.15) is 19.6 Å². The van der Waals surface area contributed by atoms with Crippen LogP contribution in [0, 0.1) is 5.92 Å². The number of hydrogen-bond donors (Lipinski definition) is 1. The summed E-state index contributed by atoms with van der Waals surface area (Å²) in [7, 11) is 0. The highest BCUT2D eigenvalue weighted by Crippen LogP contribution is 2.25. The zero-order valence-corrected chi connectivity index (χ0v) is 12.2. The van der Waals surface area contributed by atoms with Crippen LogP contribution in [0.3, 0.4) is 0 Å². The number of cyclic esters (lactones) is 1. The average molecular weight is 270 g/mol. The number of carbonyl (C=O) groups excluding carboxylic acids is 1. The van der Waals surface area contributed by atoms with Crippen molar-refractivity contribution in [2.75, 3.05) is 32.8 Å². The van der Waals surface area contributed by atoms with Crippen molar-refractivity contribution in [1.82, 2.24) is 0 Å². The molecule has 2 heterocycles. The summed E-state index contributed by atoms with van der Waals surface area (Å²) in [6, 6.07) is 0. The van der Waals surface area contributed by atoms with Crippen molar-refractivity contribution >= 4 is 5.97 Å². The van der Waals surface area contributed by atoms with Crippen LogP contribution in [0.25, 0.3) is 0 Å². The SMILES string of the molecule is CCCCCC[C@@H]1C[C@H](C[NH+]2CCOCC2)OC1=O. The molecule has 0 radical (unpaired) electrons. The molecule has 0 aromatic rings. The van der Waals surface area contributed by atoms with Gasteiger partial charge in [0.2, 0.25) is 0 Å². The Morgan fingerprint density at radius 1 is 1.21 bits per heavy atom. The molecule has 0 aromatic heterocycles. The molecule has 2 atom stereocenters. The molecule has 0 bridgehead atoms. The van der Waals surface area contributed by atoms with Gasteiger partial charge < -0.3 is 14.4 Å². The summed E-state index contributed by atoms with van der Waals surface area (Å²) in [5, 5.41) is 0. The largest absolute Gasteiger partial charge is 0.456 e. The van der Waals surface area contributed by atoms with E-state index in [0.29, 0.717) is 0 Å². The maximum absolute atomic E-state index is 11.8. The minimum Gasteiger partial charge on any atom is -0.456 e. The lowest BCUT2D eigenvalue weighted by Gasteiger charge is -2.25. The number of carbonyl (C=O) groups is 1. The van der Waals surface area contributed by atoms with Gasteiger partial charge in [-0.3, -0.25) is 4.79 Å². The Balaban J connectivity index is 1.66. The van der Waals surface area contributed by atoms with Gasteiger partial charge in [0, 0.05) is 6.42 Å². The predicted octanol–water partition coefficient (Wildman–Crippen LogP) is 0.804. The summed E-state index contributed by atoms with van der Waals surface area (Å²) in [4.78, 5) is 13.4. The van der Waals surface area contributed by atoms with Crippen LogP contribution in [-0.2, 0) is 14.3 Å². The fraction of sp³-hybridized carbons (Fsp3) is 0.933. The molecule has 0 aromatic carbocycles. The van der Waals surface area contributed by atoms with Crippen LogP contribution in [0.2, 0.25) is 0 Å². The van der Waals surface area contributed by atoms with E-state index in [2.05, 4.69) is 6.92 Å². The number of rotatable bonds is 7. The predicted molar refractivity (Wildman–Crippen MR) is 73.1 cm³/mol. The average Bonchev–Trinajstić information content (AvgIpc) is 2.76. The maximum atomic E-state index is 11.8.